The van der Waals surface area contributed by atoms with Gasteiger partial charge in [0, 0.05) is 18.7 Å². The number of rotatable bonds is 3. The van der Waals surface area contributed by atoms with E-state index in [9.17, 15) is 4.79 Å². The van der Waals surface area contributed by atoms with Gasteiger partial charge in [0.05, 0.1) is 22.3 Å². The highest BCUT2D eigenvalue weighted by atomic mass is 16.5. The van der Waals surface area contributed by atoms with E-state index in [2.05, 4.69) is 17.1 Å². The van der Waals surface area contributed by atoms with Gasteiger partial charge >= 0.3 is 0 Å². The van der Waals surface area contributed by atoms with E-state index in [4.69, 9.17) is 8.94 Å². The third-order valence-corrected chi connectivity index (χ3v) is 6.02. The number of fused-ring (bicyclic) bond motifs is 1. The lowest BCUT2D eigenvalue weighted by Crippen LogP contribution is -2.39. The van der Waals surface area contributed by atoms with Gasteiger partial charge in [0.25, 0.3) is 11.6 Å². The Morgan fingerprint density at radius 2 is 1.86 bits per heavy atom. The molecule has 4 rings (SSSR count). The van der Waals surface area contributed by atoms with Crippen LogP contribution in [-0.4, -0.2) is 34.0 Å². The van der Waals surface area contributed by atoms with Crippen LogP contribution in [0.4, 0.5) is 0 Å². The molecule has 1 aliphatic rings. The van der Waals surface area contributed by atoms with Crippen molar-refractivity contribution in [3.63, 3.8) is 0 Å². The fourth-order valence-corrected chi connectivity index (χ4v) is 4.27. The lowest BCUT2D eigenvalue weighted by Gasteiger charge is -2.33. The second-order valence-corrected chi connectivity index (χ2v) is 8.16. The summed E-state index contributed by atoms with van der Waals surface area (Å²) >= 11 is 0. The maximum absolute atomic E-state index is 13.5. The van der Waals surface area contributed by atoms with Crippen molar-refractivity contribution in [1.82, 2.24) is 15.0 Å². The zero-order valence-electron chi connectivity index (χ0n) is 17.2. The SMILES string of the molecule is Cc1cc(-c2cc(C(=O)N(C)C3CCC(C)CC3)c3c(C)noc3n2)c(C)o1. The summed E-state index contributed by atoms with van der Waals surface area (Å²) in [5.74, 6) is 2.32. The smallest absolute Gasteiger partial charge is 0.259 e. The summed E-state index contributed by atoms with van der Waals surface area (Å²) in [6.45, 7) is 7.93. The standard InChI is InChI=1S/C22H27N3O3/c1-12-6-8-16(9-7-12)25(5)22(26)18-11-19(17-10-13(2)27-15(17)4)23-21-20(18)14(3)24-28-21/h10-12,16H,6-9H2,1-5H3. The molecule has 3 heterocycles. The van der Waals surface area contributed by atoms with Crippen LogP contribution >= 0.6 is 0 Å². The number of hydrogen-bond acceptors (Lipinski definition) is 5. The van der Waals surface area contributed by atoms with Gasteiger partial charge < -0.3 is 13.8 Å². The van der Waals surface area contributed by atoms with Crippen molar-refractivity contribution in [1.29, 1.82) is 0 Å². The van der Waals surface area contributed by atoms with E-state index in [1.54, 1.807) is 0 Å². The predicted molar refractivity (Wildman–Crippen MR) is 107 cm³/mol. The molecule has 1 saturated carbocycles. The van der Waals surface area contributed by atoms with Crippen LogP contribution in [0.3, 0.4) is 0 Å². The average Bonchev–Trinajstić information content (AvgIpc) is 3.22. The summed E-state index contributed by atoms with van der Waals surface area (Å²) in [5, 5.41) is 4.75. The average molecular weight is 381 g/mol. The predicted octanol–water partition coefficient (Wildman–Crippen LogP) is 5.06. The Morgan fingerprint density at radius 3 is 2.50 bits per heavy atom. The maximum Gasteiger partial charge on any atom is 0.259 e. The van der Waals surface area contributed by atoms with Crippen molar-refractivity contribution < 1.29 is 13.7 Å². The zero-order valence-corrected chi connectivity index (χ0v) is 17.2. The van der Waals surface area contributed by atoms with E-state index in [0.717, 1.165) is 35.8 Å². The largest absolute Gasteiger partial charge is 0.466 e. The fraction of sp³-hybridized carbons (Fsp3) is 0.500. The van der Waals surface area contributed by atoms with E-state index in [0.29, 0.717) is 28.1 Å². The molecule has 3 aromatic heterocycles. The molecule has 0 bridgehead atoms. The monoisotopic (exact) mass is 381 g/mol. The quantitative estimate of drug-likeness (QED) is 0.634. The molecule has 6 nitrogen and oxygen atoms in total. The molecule has 148 valence electrons. The third-order valence-electron chi connectivity index (χ3n) is 6.02. The molecular weight excluding hydrogens is 354 g/mol. The summed E-state index contributed by atoms with van der Waals surface area (Å²) < 4.78 is 11.1. The maximum atomic E-state index is 13.5. The lowest BCUT2D eigenvalue weighted by molar-refractivity contribution is 0.0681. The van der Waals surface area contributed by atoms with Crippen LogP contribution in [0.5, 0.6) is 0 Å². The molecule has 0 aromatic carbocycles. The molecule has 1 amide bonds. The van der Waals surface area contributed by atoms with Gasteiger partial charge in [0.15, 0.2) is 0 Å². The number of nitrogens with zero attached hydrogens (tertiary/aromatic N) is 3. The molecule has 0 spiro atoms. The first-order valence-corrected chi connectivity index (χ1v) is 9.96. The van der Waals surface area contributed by atoms with Crippen LogP contribution in [0.2, 0.25) is 0 Å². The van der Waals surface area contributed by atoms with E-state index < -0.39 is 0 Å². The number of pyridine rings is 1. The number of aryl methyl sites for hydroxylation is 3. The molecule has 3 aromatic rings. The second-order valence-electron chi connectivity index (χ2n) is 8.16. The summed E-state index contributed by atoms with van der Waals surface area (Å²) in [5.41, 5.74) is 3.22. The molecule has 1 fully saturated rings. The minimum Gasteiger partial charge on any atom is -0.466 e. The molecule has 0 aliphatic heterocycles. The third kappa shape index (κ3) is 3.21. The van der Waals surface area contributed by atoms with Crippen molar-refractivity contribution in [2.45, 2.75) is 59.4 Å². The Hall–Kier alpha value is -2.63. The van der Waals surface area contributed by atoms with Crippen molar-refractivity contribution >= 4 is 17.0 Å². The minimum atomic E-state index is -0.00243. The van der Waals surface area contributed by atoms with Crippen LogP contribution in [0.1, 0.15) is 60.2 Å². The van der Waals surface area contributed by atoms with Crippen molar-refractivity contribution in [3.05, 3.63) is 34.9 Å². The highest BCUT2D eigenvalue weighted by Crippen LogP contribution is 2.32. The molecule has 0 atom stereocenters. The van der Waals surface area contributed by atoms with Crippen molar-refractivity contribution in [2.24, 2.45) is 5.92 Å². The molecule has 1 aliphatic carbocycles. The molecule has 6 heteroatoms. The number of furan rings is 1. The Morgan fingerprint density at radius 1 is 1.14 bits per heavy atom. The van der Waals surface area contributed by atoms with Crippen LogP contribution in [0.25, 0.3) is 22.4 Å². The normalized spacial score (nSPS) is 19.9. The minimum absolute atomic E-state index is 0.00243. The fourth-order valence-electron chi connectivity index (χ4n) is 4.27. The van der Waals surface area contributed by atoms with Crippen molar-refractivity contribution in [3.8, 4) is 11.3 Å². The van der Waals surface area contributed by atoms with Gasteiger partial charge in [-0.2, -0.15) is 0 Å². The van der Waals surface area contributed by atoms with Crippen LogP contribution in [-0.2, 0) is 0 Å². The lowest BCUT2D eigenvalue weighted by atomic mass is 9.86. The molecule has 0 radical (unpaired) electrons. The molecule has 28 heavy (non-hydrogen) atoms. The van der Waals surface area contributed by atoms with Gasteiger partial charge in [-0.3, -0.25) is 4.79 Å². The Balaban J connectivity index is 1.77. The first-order valence-electron chi connectivity index (χ1n) is 9.96. The van der Waals surface area contributed by atoms with Gasteiger partial charge in [-0.05, 0) is 64.5 Å². The van der Waals surface area contributed by atoms with Crippen LogP contribution in [0.15, 0.2) is 21.1 Å². The summed E-state index contributed by atoms with van der Waals surface area (Å²) in [6, 6.07) is 4.06. The number of carbonyl (C=O) groups is 1. The highest BCUT2D eigenvalue weighted by molar-refractivity contribution is 6.07. The number of aromatic nitrogens is 2. The highest BCUT2D eigenvalue weighted by Gasteiger charge is 2.28. The van der Waals surface area contributed by atoms with Gasteiger partial charge in [-0.1, -0.05) is 12.1 Å². The van der Waals surface area contributed by atoms with E-state index >= 15 is 0 Å². The van der Waals surface area contributed by atoms with Gasteiger partial charge in [-0.25, -0.2) is 4.98 Å². The Bertz CT molecular complexity index is 1030. The second kappa shape index (κ2) is 7.08. The van der Waals surface area contributed by atoms with Gasteiger partial charge in [0.1, 0.15) is 11.5 Å². The number of amides is 1. The van der Waals surface area contributed by atoms with Crippen LogP contribution in [0, 0.1) is 26.7 Å². The zero-order chi connectivity index (χ0) is 20.0. The molecular formula is C22H27N3O3. The summed E-state index contributed by atoms with van der Waals surface area (Å²) in [4.78, 5) is 20.0. The van der Waals surface area contributed by atoms with Crippen LogP contribution < -0.4 is 0 Å². The summed E-state index contributed by atoms with van der Waals surface area (Å²) in [7, 11) is 1.91. The number of carbonyl (C=O) groups excluding carboxylic acids is 1. The number of hydrogen-bond donors (Lipinski definition) is 0. The molecule has 0 unspecified atom stereocenters. The Labute approximate surface area is 164 Å². The molecule has 0 saturated heterocycles. The molecule has 0 N–H and O–H groups in total. The first kappa shape index (κ1) is 18.7. The summed E-state index contributed by atoms with van der Waals surface area (Å²) in [6.07, 6.45) is 4.43. The first-order chi connectivity index (χ1) is 13.3. The van der Waals surface area contributed by atoms with Gasteiger partial charge in [-0.15, -0.1) is 0 Å². The van der Waals surface area contributed by atoms with Gasteiger partial charge in [0.2, 0.25) is 0 Å². The van der Waals surface area contributed by atoms with E-state index in [-0.39, 0.29) is 11.9 Å². The Kier molecular flexibility index (Phi) is 4.73. The van der Waals surface area contributed by atoms with E-state index in [1.807, 2.05) is 44.9 Å². The topological polar surface area (TPSA) is 72.4 Å². The van der Waals surface area contributed by atoms with Crippen molar-refractivity contribution in [2.75, 3.05) is 7.05 Å². The van der Waals surface area contributed by atoms with E-state index in [1.165, 1.54) is 12.8 Å².